The van der Waals surface area contributed by atoms with Crippen LogP contribution in [0.2, 0.25) is 0 Å². The first-order valence-corrected chi connectivity index (χ1v) is 4.83. The highest BCUT2D eigenvalue weighted by atomic mass is 16.3. The summed E-state index contributed by atoms with van der Waals surface area (Å²) in [6, 6.07) is 4.07. The topological polar surface area (TPSA) is 26.0 Å². The quantitative estimate of drug-likeness (QED) is 0.634. The molecule has 0 aliphatic heterocycles. The average molecular weight is 189 g/mol. The molecule has 0 saturated heterocycles. The van der Waals surface area contributed by atoms with Gasteiger partial charge in [0.15, 0.2) is 12.0 Å². The minimum absolute atomic E-state index is 0.112. The molecule has 0 spiro atoms. The summed E-state index contributed by atoms with van der Waals surface area (Å²) in [5.74, 6) is 0. The van der Waals surface area contributed by atoms with Crippen molar-refractivity contribution in [3.05, 3.63) is 29.7 Å². The van der Waals surface area contributed by atoms with Crippen LogP contribution >= 0.6 is 0 Å². The average Bonchev–Trinajstić information content (AvgIpc) is 2.48. The molecule has 2 nitrogen and oxygen atoms in total. The summed E-state index contributed by atoms with van der Waals surface area (Å²) in [7, 11) is 0. The summed E-state index contributed by atoms with van der Waals surface area (Å²) < 4.78 is 5.30. The Hall–Kier alpha value is -1.31. The van der Waals surface area contributed by atoms with Gasteiger partial charge in [0.1, 0.15) is 5.52 Å². The van der Waals surface area contributed by atoms with E-state index in [1.807, 2.05) is 6.07 Å². The van der Waals surface area contributed by atoms with E-state index in [9.17, 15) is 0 Å². The molecule has 2 aromatic rings. The van der Waals surface area contributed by atoms with Gasteiger partial charge in [-0.15, -0.1) is 0 Å². The van der Waals surface area contributed by atoms with E-state index in [1.54, 1.807) is 0 Å². The molecule has 0 fully saturated rings. The maximum absolute atomic E-state index is 5.30. The Kier molecular flexibility index (Phi) is 1.88. The second kappa shape index (κ2) is 2.84. The van der Waals surface area contributed by atoms with Crippen molar-refractivity contribution < 1.29 is 4.42 Å². The van der Waals surface area contributed by atoms with Crippen LogP contribution < -0.4 is 0 Å². The number of oxazole rings is 1. The van der Waals surface area contributed by atoms with Crippen molar-refractivity contribution >= 4 is 11.1 Å². The highest BCUT2D eigenvalue weighted by Gasteiger charge is 2.21. The molecule has 2 heteroatoms. The molecule has 2 rings (SSSR count). The summed E-state index contributed by atoms with van der Waals surface area (Å²) in [5.41, 5.74) is 4.54. The van der Waals surface area contributed by atoms with Gasteiger partial charge < -0.3 is 4.42 Å². The van der Waals surface area contributed by atoms with Crippen molar-refractivity contribution in [3.63, 3.8) is 0 Å². The smallest absolute Gasteiger partial charge is 0.181 e. The van der Waals surface area contributed by atoms with Gasteiger partial charge in [-0.25, -0.2) is 4.98 Å². The molecule has 0 aliphatic rings. The van der Waals surface area contributed by atoms with E-state index < -0.39 is 0 Å². The standard InChI is InChI=1S/C12H15NO/c1-8-5-6-9-11(13-7-14-9)10(8)12(2,3)4/h5-7H,1-4H3. The SMILES string of the molecule is Cc1ccc2ocnc2c1C(C)(C)C. The lowest BCUT2D eigenvalue weighted by Gasteiger charge is -2.21. The minimum atomic E-state index is 0.112. The van der Waals surface area contributed by atoms with E-state index in [0.29, 0.717) is 0 Å². The lowest BCUT2D eigenvalue weighted by Crippen LogP contribution is -2.13. The van der Waals surface area contributed by atoms with Crippen LogP contribution in [0.4, 0.5) is 0 Å². The van der Waals surface area contributed by atoms with Crippen molar-refractivity contribution in [2.24, 2.45) is 0 Å². The normalized spacial score (nSPS) is 12.3. The predicted octanol–water partition coefficient (Wildman–Crippen LogP) is 3.43. The van der Waals surface area contributed by atoms with Crippen molar-refractivity contribution in [3.8, 4) is 0 Å². The number of aryl methyl sites for hydroxylation is 1. The summed E-state index contributed by atoms with van der Waals surface area (Å²) in [6.07, 6.45) is 1.51. The van der Waals surface area contributed by atoms with Crippen LogP contribution in [0.15, 0.2) is 22.9 Å². The van der Waals surface area contributed by atoms with Gasteiger partial charge in [-0.2, -0.15) is 0 Å². The largest absolute Gasteiger partial charge is 0.443 e. The minimum Gasteiger partial charge on any atom is -0.443 e. The molecule has 0 amide bonds. The highest BCUT2D eigenvalue weighted by molar-refractivity contribution is 5.78. The summed E-state index contributed by atoms with van der Waals surface area (Å²) in [6.45, 7) is 8.71. The van der Waals surface area contributed by atoms with E-state index in [-0.39, 0.29) is 5.41 Å². The summed E-state index contributed by atoms with van der Waals surface area (Å²) in [5, 5.41) is 0. The van der Waals surface area contributed by atoms with Crippen molar-refractivity contribution in [2.45, 2.75) is 33.1 Å². The number of aromatic nitrogens is 1. The van der Waals surface area contributed by atoms with Crippen LogP contribution in [0.1, 0.15) is 31.9 Å². The van der Waals surface area contributed by atoms with E-state index in [4.69, 9.17) is 4.42 Å². The van der Waals surface area contributed by atoms with Gasteiger partial charge in [-0.05, 0) is 29.5 Å². The molecule has 0 bridgehead atoms. The van der Waals surface area contributed by atoms with E-state index >= 15 is 0 Å². The zero-order valence-corrected chi connectivity index (χ0v) is 9.09. The Bertz CT molecular complexity index is 463. The van der Waals surface area contributed by atoms with Gasteiger partial charge in [0, 0.05) is 0 Å². The van der Waals surface area contributed by atoms with Crippen molar-refractivity contribution in [1.82, 2.24) is 4.98 Å². The first-order chi connectivity index (χ1) is 6.50. The molecule has 0 aliphatic carbocycles. The van der Waals surface area contributed by atoms with E-state index in [0.717, 1.165) is 11.1 Å². The number of fused-ring (bicyclic) bond motifs is 1. The van der Waals surface area contributed by atoms with Crippen LogP contribution in [-0.4, -0.2) is 4.98 Å². The van der Waals surface area contributed by atoms with Crippen molar-refractivity contribution in [1.29, 1.82) is 0 Å². The summed E-state index contributed by atoms with van der Waals surface area (Å²) >= 11 is 0. The Morgan fingerprint density at radius 3 is 2.57 bits per heavy atom. The summed E-state index contributed by atoms with van der Waals surface area (Å²) in [4.78, 5) is 4.28. The fourth-order valence-electron chi connectivity index (χ4n) is 1.98. The third kappa shape index (κ3) is 1.31. The molecule has 1 aromatic carbocycles. The molecule has 0 N–H and O–H groups in total. The maximum Gasteiger partial charge on any atom is 0.181 e. The van der Waals surface area contributed by atoms with Crippen LogP contribution in [0.25, 0.3) is 11.1 Å². The van der Waals surface area contributed by atoms with Crippen LogP contribution in [0.3, 0.4) is 0 Å². The van der Waals surface area contributed by atoms with Crippen LogP contribution in [0, 0.1) is 6.92 Å². The monoisotopic (exact) mass is 189 g/mol. The molecule has 74 valence electrons. The van der Waals surface area contributed by atoms with Gasteiger partial charge in [-0.1, -0.05) is 26.8 Å². The van der Waals surface area contributed by atoms with Gasteiger partial charge in [-0.3, -0.25) is 0 Å². The molecule has 0 radical (unpaired) electrons. The zero-order chi connectivity index (χ0) is 10.3. The third-order valence-corrected chi connectivity index (χ3v) is 2.46. The zero-order valence-electron chi connectivity index (χ0n) is 9.09. The number of hydrogen-bond donors (Lipinski definition) is 0. The van der Waals surface area contributed by atoms with Gasteiger partial charge in [0.2, 0.25) is 0 Å². The lowest BCUT2D eigenvalue weighted by molar-refractivity contribution is 0.588. The first kappa shape index (κ1) is 9.25. The van der Waals surface area contributed by atoms with Gasteiger partial charge in [0.05, 0.1) is 0 Å². The van der Waals surface area contributed by atoms with E-state index in [1.165, 1.54) is 17.5 Å². The molecule has 1 heterocycles. The maximum atomic E-state index is 5.30. The Balaban J connectivity index is 2.83. The number of hydrogen-bond acceptors (Lipinski definition) is 2. The number of nitrogens with zero attached hydrogens (tertiary/aromatic N) is 1. The number of benzene rings is 1. The highest BCUT2D eigenvalue weighted by Crippen LogP contribution is 2.31. The molecule has 0 saturated carbocycles. The van der Waals surface area contributed by atoms with E-state index in [2.05, 4.69) is 38.7 Å². The first-order valence-electron chi connectivity index (χ1n) is 4.83. The van der Waals surface area contributed by atoms with Gasteiger partial charge >= 0.3 is 0 Å². The molecular weight excluding hydrogens is 174 g/mol. The third-order valence-electron chi connectivity index (χ3n) is 2.46. The second-order valence-corrected chi connectivity index (χ2v) is 4.71. The fraction of sp³-hybridized carbons (Fsp3) is 0.417. The van der Waals surface area contributed by atoms with Gasteiger partial charge in [0.25, 0.3) is 0 Å². The predicted molar refractivity (Wildman–Crippen MR) is 57.4 cm³/mol. The lowest BCUT2D eigenvalue weighted by atomic mass is 9.83. The molecule has 0 unspecified atom stereocenters. The number of rotatable bonds is 0. The molecule has 1 aromatic heterocycles. The van der Waals surface area contributed by atoms with Crippen LogP contribution in [-0.2, 0) is 5.41 Å². The molecule has 0 atom stereocenters. The molecule has 14 heavy (non-hydrogen) atoms. The van der Waals surface area contributed by atoms with Crippen molar-refractivity contribution in [2.75, 3.05) is 0 Å². The fourth-order valence-corrected chi connectivity index (χ4v) is 1.98. The Morgan fingerprint density at radius 2 is 1.93 bits per heavy atom. The molecular formula is C12H15NO. The Labute approximate surface area is 84.0 Å². The Morgan fingerprint density at radius 1 is 1.21 bits per heavy atom. The van der Waals surface area contributed by atoms with Crippen LogP contribution in [0.5, 0.6) is 0 Å². The second-order valence-electron chi connectivity index (χ2n) is 4.71.